The van der Waals surface area contributed by atoms with Gasteiger partial charge in [0.15, 0.2) is 0 Å². The number of hydrogen-bond donors (Lipinski definition) is 1. The van der Waals surface area contributed by atoms with Gasteiger partial charge in [-0.1, -0.05) is 13.8 Å². The highest BCUT2D eigenvalue weighted by Crippen LogP contribution is 2.42. The molecule has 1 amide bonds. The molecule has 2 aromatic rings. The maximum Gasteiger partial charge on any atom is 0.244 e. The monoisotopic (exact) mass is 358 g/mol. The fourth-order valence-corrected chi connectivity index (χ4v) is 4.40. The number of piperidine rings is 1. The van der Waals surface area contributed by atoms with Crippen LogP contribution in [0.3, 0.4) is 0 Å². The van der Waals surface area contributed by atoms with Gasteiger partial charge < -0.3 is 9.88 Å². The van der Waals surface area contributed by atoms with Crippen LogP contribution in [0.25, 0.3) is 0 Å². The SMILES string of the molecule is CC(C)CN1CCc2[nH]cnc2C12CCN(C(=O)Cn1cnnn1)CC2. The Labute approximate surface area is 152 Å². The van der Waals surface area contributed by atoms with Crippen molar-refractivity contribution in [1.29, 1.82) is 0 Å². The standard InChI is InChI=1S/C17H26N8O/c1-13(2)9-24-6-3-14-16(19-11-18-14)17(24)4-7-23(8-5-17)15(26)10-25-12-20-21-22-25/h11-13H,3-10H2,1-2H3,(H,18,19). The molecule has 0 unspecified atom stereocenters. The fraction of sp³-hybridized carbons (Fsp3) is 0.706. The lowest BCUT2D eigenvalue weighted by atomic mass is 9.78. The topological polar surface area (TPSA) is 95.8 Å². The molecule has 1 fully saturated rings. The van der Waals surface area contributed by atoms with Crippen LogP contribution in [0.1, 0.15) is 38.1 Å². The highest BCUT2D eigenvalue weighted by atomic mass is 16.2. The summed E-state index contributed by atoms with van der Waals surface area (Å²) in [6, 6.07) is 0. The number of imidazole rings is 1. The Hall–Kier alpha value is -2.29. The van der Waals surface area contributed by atoms with E-state index in [4.69, 9.17) is 4.98 Å². The minimum absolute atomic E-state index is 0.0521. The molecule has 9 heteroatoms. The third-order valence-corrected chi connectivity index (χ3v) is 5.61. The molecular formula is C17H26N8O. The number of hydrogen-bond acceptors (Lipinski definition) is 6. The van der Waals surface area contributed by atoms with E-state index in [-0.39, 0.29) is 18.0 Å². The molecule has 1 saturated heterocycles. The quantitative estimate of drug-likeness (QED) is 0.851. The van der Waals surface area contributed by atoms with Crippen molar-refractivity contribution in [2.24, 2.45) is 5.92 Å². The normalized spacial score (nSPS) is 19.9. The molecule has 9 nitrogen and oxygen atoms in total. The molecule has 0 aliphatic carbocycles. The number of tetrazole rings is 1. The lowest BCUT2D eigenvalue weighted by Gasteiger charge is -2.51. The summed E-state index contributed by atoms with van der Waals surface area (Å²) in [4.78, 5) is 25.1. The number of H-pyrrole nitrogens is 1. The van der Waals surface area contributed by atoms with Gasteiger partial charge in [-0.2, -0.15) is 0 Å². The lowest BCUT2D eigenvalue weighted by Crippen LogP contribution is -2.58. The molecule has 26 heavy (non-hydrogen) atoms. The smallest absolute Gasteiger partial charge is 0.244 e. The molecule has 1 N–H and O–H groups in total. The second-order valence-electron chi connectivity index (χ2n) is 7.74. The number of aromatic amines is 1. The number of nitrogens with one attached hydrogen (secondary N) is 1. The Morgan fingerprint density at radius 1 is 1.31 bits per heavy atom. The molecule has 140 valence electrons. The van der Waals surface area contributed by atoms with Crippen molar-refractivity contribution in [3.8, 4) is 0 Å². The molecule has 4 heterocycles. The average molecular weight is 358 g/mol. The van der Waals surface area contributed by atoms with E-state index in [2.05, 4.69) is 39.3 Å². The van der Waals surface area contributed by atoms with Crippen LogP contribution >= 0.6 is 0 Å². The molecule has 0 bridgehead atoms. The largest absolute Gasteiger partial charge is 0.348 e. The molecule has 0 radical (unpaired) electrons. The zero-order valence-corrected chi connectivity index (χ0v) is 15.4. The van der Waals surface area contributed by atoms with Crippen molar-refractivity contribution in [3.05, 3.63) is 24.0 Å². The number of fused-ring (bicyclic) bond motifs is 2. The molecule has 1 spiro atoms. The van der Waals surface area contributed by atoms with Crippen molar-refractivity contribution in [2.45, 2.75) is 45.2 Å². The minimum atomic E-state index is -0.0521. The molecule has 0 saturated carbocycles. The zero-order chi connectivity index (χ0) is 18.1. The maximum absolute atomic E-state index is 12.6. The summed E-state index contributed by atoms with van der Waals surface area (Å²) in [5.41, 5.74) is 2.40. The van der Waals surface area contributed by atoms with Crippen molar-refractivity contribution < 1.29 is 4.79 Å². The third-order valence-electron chi connectivity index (χ3n) is 5.61. The van der Waals surface area contributed by atoms with Gasteiger partial charge in [-0.15, -0.1) is 5.10 Å². The van der Waals surface area contributed by atoms with Gasteiger partial charge in [0.2, 0.25) is 5.91 Å². The van der Waals surface area contributed by atoms with Crippen LogP contribution in [0, 0.1) is 5.92 Å². The van der Waals surface area contributed by atoms with Gasteiger partial charge in [-0.25, -0.2) is 9.67 Å². The molecular weight excluding hydrogens is 332 g/mol. The first-order valence-corrected chi connectivity index (χ1v) is 9.35. The fourth-order valence-electron chi connectivity index (χ4n) is 4.40. The minimum Gasteiger partial charge on any atom is -0.348 e. The first-order valence-electron chi connectivity index (χ1n) is 9.35. The van der Waals surface area contributed by atoms with Gasteiger partial charge >= 0.3 is 0 Å². The van der Waals surface area contributed by atoms with Gasteiger partial charge in [0.1, 0.15) is 12.9 Å². The third kappa shape index (κ3) is 3.00. The number of aromatic nitrogens is 6. The summed E-state index contributed by atoms with van der Waals surface area (Å²) in [5.74, 6) is 0.674. The van der Waals surface area contributed by atoms with Gasteiger partial charge in [-0.05, 0) is 29.2 Å². The summed E-state index contributed by atoms with van der Waals surface area (Å²) in [7, 11) is 0. The van der Waals surface area contributed by atoms with Crippen LogP contribution in [0.2, 0.25) is 0 Å². The van der Waals surface area contributed by atoms with E-state index in [0.717, 1.165) is 45.4 Å². The Morgan fingerprint density at radius 3 is 2.81 bits per heavy atom. The van der Waals surface area contributed by atoms with Crippen LogP contribution in [0.15, 0.2) is 12.7 Å². The van der Waals surface area contributed by atoms with E-state index in [1.54, 1.807) is 0 Å². The Bertz CT molecular complexity index is 745. The second kappa shape index (κ2) is 6.79. The highest BCUT2D eigenvalue weighted by molar-refractivity contribution is 5.76. The number of likely N-dealkylation sites (tertiary alicyclic amines) is 1. The van der Waals surface area contributed by atoms with Gasteiger partial charge in [0.05, 0.1) is 17.6 Å². The van der Waals surface area contributed by atoms with Crippen molar-refractivity contribution >= 4 is 5.91 Å². The van der Waals surface area contributed by atoms with E-state index >= 15 is 0 Å². The van der Waals surface area contributed by atoms with Crippen LogP contribution < -0.4 is 0 Å². The van der Waals surface area contributed by atoms with E-state index in [1.165, 1.54) is 22.4 Å². The molecule has 2 aliphatic rings. The molecule has 0 atom stereocenters. The van der Waals surface area contributed by atoms with Gasteiger partial charge in [0, 0.05) is 38.3 Å². The molecule has 2 aromatic heterocycles. The number of nitrogens with zero attached hydrogens (tertiary/aromatic N) is 7. The second-order valence-corrected chi connectivity index (χ2v) is 7.74. The van der Waals surface area contributed by atoms with Crippen molar-refractivity contribution in [1.82, 2.24) is 40.0 Å². The van der Waals surface area contributed by atoms with Gasteiger partial charge in [-0.3, -0.25) is 9.69 Å². The molecule has 2 aliphatic heterocycles. The van der Waals surface area contributed by atoms with E-state index in [0.29, 0.717) is 5.92 Å². The zero-order valence-electron chi connectivity index (χ0n) is 15.4. The van der Waals surface area contributed by atoms with Crippen LogP contribution in [-0.2, 0) is 23.3 Å². The summed E-state index contributed by atoms with van der Waals surface area (Å²) < 4.78 is 1.48. The van der Waals surface area contributed by atoms with Crippen LogP contribution in [0.4, 0.5) is 0 Å². The highest BCUT2D eigenvalue weighted by Gasteiger charge is 2.47. The Kier molecular flexibility index (Phi) is 4.47. The van der Waals surface area contributed by atoms with Gasteiger partial charge in [0.25, 0.3) is 0 Å². The predicted octanol–water partition coefficient (Wildman–Crippen LogP) is 0.428. The number of carbonyl (C=O) groups excluding carboxylic acids is 1. The van der Waals surface area contributed by atoms with Crippen LogP contribution in [-0.4, -0.2) is 72.1 Å². The number of amides is 1. The first kappa shape index (κ1) is 17.1. The number of carbonyl (C=O) groups is 1. The maximum atomic E-state index is 12.6. The van der Waals surface area contributed by atoms with E-state index in [9.17, 15) is 4.79 Å². The van der Waals surface area contributed by atoms with Crippen molar-refractivity contribution in [3.63, 3.8) is 0 Å². The summed E-state index contributed by atoms with van der Waals surface area (Å²) >= 11 is 0. The Morgan fingerprint density at radius 2 is 2.12 bits per heavy atom. The van der Waals surface area contributed by atoms with Crippen LogP contribution in [0.5, 0.6) is 0 Å². The Balaban J connectivity index is 1.50. The summed E-state index contributed by atoms with van der Waals surface area (Å²) in [6.45, 7) is 8.31. The van der Waals surface area contributed by atoms with E-state index < -0.39 is 0 Å². The lowest BCUT2D eigenvalue weighted by molar-refractivity contribution is -0.135. The summed E-state index contributed by atoms with van der Waals surface area (Å²) in [6.07, 6.45) is 6.15. The molecule has 4 rings (SSSR count). The number of rotatable bonds is 4. The van der Waals surface area contributed by atoms with E-state index in [1.807, 2.05) is 11.2 Å². The molecule has 0 aromatic carbocycles. The first-order chi connectivity index (χ1) is 12.6. The summed E-state index contributed by atoms with van der Waals surface area (Å²) in [5, 5.41) is 11.0. The predicted molar refractivity (Wildman–Crippen MR) is 94.0 cm³/mol. The van der Waals surface area contributed by atoms with Crippen molar-refractivity contribution in [2.75, 3.05) is 26.2 Å². The average Bonchev–Trinajstić information content (AvgIpc) is 3.30.